The summed E-state index contributed by atoms with van der Waals surface area (Å²) in [7, 11) is 0.444. The molecule has 0 aromatic heterocycles. The highest BCUT2D eigenvalue weighted by molar-refractivity contribution is 6.54. The first-order valence-corrected chi connectivity index (χ1v) is 8.55. The molecule has 1 rings (SSSR count). The average Bonchev–Trinajstić information content (AvgIpc) is 2.38. The molecule has 0 unspecified atom stereocenters. The van der Waals surface area contributed by atoms with E-state index >= 15 is 0 Å². The molecule has 19 heavy (non-hydrogen) atoms. The molecule has 0 heterocycles. The van der Waals surface area contributed by atoms with Crippen LogP contribution in [-0.2, 0) is 11.0 Å². The van der Waals surface area contributed by atoms with Gasteiger partial charge < -0.3 is 9.16 Å². The normalized spacial score (nSPS) is 11.1. The van der Waals surface area contributed by atoms with Crippen LogP contribution in [0.5, 0.6) is 5.75 Å². The zero-order chi connectivity index (χ0) is 14.4. The highest BCUT2D eigenvalue weighted by Gasteiger charge is 2.21. The molecule has 0 aliphatic rings. The Hall–Kier alpha value is -1.24. The van der Waals surface area contributed by atoms with Crippen LogP contribution in [0.3, 0.4) is 0 Å². The summed E-state index contributed by atoms with van der Waals surface area (Å²) >= 11 is 0. The number of terminal acetylenes is 1. The molecule has 2 nitrogen and oxygen atoms in total. The van der Waals surface area contributed by atoms with Crippen molar-refractivity contribution in [1.82, 2.24) is 0 Å². The van der Waals surface area contributed by atoms with Gasteiger partial charge in [-0.3, -0.25) is 0 Å². The van der Waals surface area contributed by atoms with Gasteiger partial charge in [0.15, 0.2) is 9.04 Å². The molecule has 0 spiro atoms. The predicted octanol–water partition coefficient (Wildman–Crippen LogP) is 3.74. The fraction of sp³-hybridized carbons (Fsp3) is 0.500. The first kappa shape index (κ1) is 15.8. The SMILES string of the molecule is C#Cc1cc(OC)ccc1CO[SiH](C(C)C)C(C)C. The van der Waals surface area contributed by atoms with Gasteiger partial charge in [0.25, 0.3) is 0 Å². The molecule has 0 radical (unpaired) electrons. The van der Waals surface area contributed by atoms with Crippen LogP contribution >= 0.6 is 0 Å². The third-order valence-electron chi connectivity index (χ3n) is 3.22. The number of methoxy groups -OCH3 is 1. The van der Waals surface area contributed by atoms with Gasteiger partial charge in [-0.15, -0.1) is 6.42 Å². The second-order valence-electron chi connectivity index (χ2n) is 5.43. The van der Waals surface area contributed by atoms with Crippen molar-refractivity contribution in [3.05, 3.63) is 29.3 Å². The molecule has 0 amide bonds. The van der Waals surface area contributed by atoms with E-state index in [9.17, 15) is 0 Å². The van der Waals surface area contributed by atoms with E-state index in [2.05, 4.69) is 33.6 Å². The van der Waals surface area contributed by atoms with Crippen LogP contribution in [-0.4, -0.2) is 16.2 Å². The number of benzene rings is 1. The lowest BCUT2D eigenvalue weighted by Gasteiger charge is -2.23. The maximum Gasteiger partial charge on any atom is 0.182 e. The second kappa shape index (κ2) is 7.37. The second-order valence-corrected chi connectivity index (χ2v) is 9.36. The van der Waals surface area contributed by atoms with Crippen molar-refractivity contribution in [3.63, 3.8) is 0 Å². The molecule has 1 aromatic rings. The molecule has 3 heteroatoms. The largest absolute Gasteiger partial charge is 0.497 e. The van der Waals surface area contributed by atoms with Gasteiger partial charge in [0.2, 0.25) is 0 Å². The zero-order valence-electron chi connectivity index (χ0n) is 12.6. The summed E-state index contributed by atoms with van der Waals surface area (Å²) in [5, 5.41) is 0. The number of hydrogen-bond acceptors (Lipinski definition) is 2. The van der Waals surface area contributed by atoms with Crippen molar-refractivity contribution >= 4 is 9.04 Å². The van der Waals surface area contributed by atoms with Crippen molar-refractivity contribution in [1.29, 1.82) is 0 Å². The first-order chi connectivity index (χ1) is 8.99. The van der Waals surface area contributed by atoms with E-state index < -0.39 is 9.04 Å². The lowest BCUT2D eigenvalue weighted by atomic mass is 10.1. The highest BCUT2D eigenvalue weighted by atomic mass is 28.3. The number of ether oxygens (including phenoxy) is 1. The summed E-state index contributed by atoms with van der Waals surface area (Å²) in [4.78, 5) is 0. The standard InChI is InChI=1S/C16H24O2Si/c1-7-14-10-16(17-6)9-8-15(14)11-18-19(12(2)3)13(4)5/h1,8-10,12-13,19H,11H2,2-6H3. The van der Waals surface area contributed by atoms with Crippen LogP contribution in [0.4, 0.5) is 0 Å². The lowest BCUT2D eigenvalue weighted by Crippen LogP contribution is -2.25. The third-order valence-corrected chi connectivity index (χ3v) is 6.40. The van der Waals surface area contributed by atoms with Crippen LogP contribution in [0.1, 0.15) is 38.8 Å². The van der Waals surface area contributed by atoms with Crippen molar-refractivity contribution in [2.24, 2.45) is 0 Å². The molecule has 0 saturated carbocycles. The van der Waals surface area contributed by atoms with Gasteiger partial charge in [-0.05, 0) is 28.8 Å². The molecular formula is C16H24O2Si. The number of hydrogen-bond donors (Lipinski definition) is 0. The summed E-state index contributed by atoms with van der Waals surface area (Å²) in [6.07, 6.45) is 5.55. The molecule has 0 aliphatic heterocycles. The topological polar surface area (TPSA) is 18.5 Å². The minimum atomic E-state index is -1.20. The van der Waals surface area contributed by atoms with Crippen LogP contribution in [0.25, 0.3) is 0 Å². The molecule has 0 saturated heterocycles. The van der Waals surface area contributed by atoms with Crippen molar-refractivity contribution in [3.8, 4) is 18.1 Å². The van der Waals surface area contributed by atoms with Gasteiger partial charge in [-0.25, -0.2) is 0 Å². The highest BCUT2D eigenvalue weighted by Crippen LogP contribution is 2.24. The first-order valence-electron chi connectivity index (χ1n) is 6.74. The van der Waals surface area contributed by atoms with E-state index in [1.165, 1.54) is 0 Å². The van der Waals surface area contributed by atoms with Crippen molar-refractivity contribution < 1.29 is 9.16 Å². The molecule has 1 aromatic carbocycles. The maximum absolute atomic E-state index is 6.17. The molecular weight excluding hydrogens is 252 g/mol. The Morgan fingerprint density at radius 3 is 2.32 bits per heavy atom. The van der Waals surface area contributed by atoms with Gasteiger partial charge in [-0.1, -0.05) is 39.7 Å². The van der Waals surface area contributed by atoms with Gasteiger partial charge >= 0.3 is 0 Å². The summed E-state index contributed by atoms with van der Waals surface area (Å²) in [5.74, 6) is 3.50. The Morgan fingerprint density at radius 1 is 1.21 bits per heavy atom. The van der Waals surface area contributed by atoms with Crippen LogP contribution in [0.15, 0.2) is 18.2 Å². The monoisotopic (exact) mass is 276 g/mol. The third kappa shape index (κ3) is 4.41. The van der Waals surface area contributed by atoms with Crippen LogP contribution in [0, 0.1) is 12.3 Å². The smallest absolute Gasteiger partial charge is 0.182 e. The van der Waals surface area contributed by atoms with Gasteiger partial charge in [0, 0.05) is 5.56 Å². The van der Waals surface area contributed by atoms with E-state index in [0.717, 1.165) is 16.9 Å². The molecule has 0 bridgehead atoms. The van der Waals surface area contributed by atoms with Crippen LogP contribution in [0.2, 0.25) is 11.1 Å². The summed E-state index contributed by atoms with van der Waals surface area (Å²) < 4.78 is 11.4. The summed E-state index contributed by atoms with van der Waals surface area (Å²) in [5.41, 5.74) is 3.20. The zero-order valence-corrected chi connectivity index (χ0v) is 13.7. The number of rotatable bonds is 6. The van der Waals surface area contributed by atoms with Gasteiger partial charge in [0.1, 0.15) is 5.75 Å². The van der Waals surface area contributed by atoms with E-state index in [-0.39, 0.29) is 0 Å². The van der Waals surface area contributed by atoms with Gasteiger partial charge in [0.05, 0.1) is 13.7 Å². The Balaban J connectivity index is 2.80. The van der Waals surface area contributed by atoms with Crippen LogP contribution < -0.4 is 4.74 Å². The summed E-state index contributed by atoms with van der Waals surface area (Å²) in [6, 6.07) is 5.82. The molecule has 0 fully saturated rings. The minimum absolute atomic E-state index is 0.608. The van der Waals surface area contributed by atoms with E-state index in [4.69, 9.17) is 15.6 Å². The minimum Gasteiger partial charge on any atom is -0.497 e. The Kier molecular flexibility index (Phi) is 6.14. The van der Waals surface area contributed by atoms with E-state index in [1.807, 2.05) is 18.2 Å². The quantitative estimate of drug-likeness (QED) is 0.582. The Morgan fingerprint density at radius 2 is 1.84 bits per heavy atom. The van der Waals surface area contributed by atoms with E-state index in [1.54, 1.807) is 7.11 Å². The van der Waals surface area contributed by atoms with Gasteiger partial charge in [-0.2, -0.15) is 0 Å². The molecule has 0 N–H and O–H groups in total. The summed E-state index contributed by atoms with van der Waals surface area (Å²) in [6.45, 7) is 9.58. The Labute approximate surface area is 118 Å². The Bertz CT molecular complexity index is 439. The molecule has 0 aliphatic carbocycles. The van der Waals surface area contributed by atoms with Crippen molar-refractivity contribution in [2.45, 2.75) is 45.4 Å². The maximum atomic E-state index is 6.17. The fourth-order valence-corrected chi connectivity index (χ4v) is 4.96. The molecule has 0 atom stereocenters. The molecule has 104 valence electrons. The average molecular weight is 276 g/mol. The fourth-order valence-electron chi connectivity index (χ4n) is 2.28. The van der Waals surface area contributed by atoms with Crippen molar-refractivity contribution in [2.75, 3.05) is 7.11 Å². The van der Waals surface area contributed by atoms with E-state index in [0.29, 0.717) is 17.7 Å². The lowest BCUT2D eigenvalue weighted by molar-refractivity contribution is 0.295. The predicted molar refractivity (Wildman–Crippen MR) is 83.1 cm³/mol.